The van der Waals surface area contributed by atoms with Crippen molar-refractivity contribution >= 4 is 10.9 Å². The second kappa shape index (κ2) is 8.01. The highest BCUT2D eigenvalue weighted by molar-refractivity contribution is 6.02. The summed E-state index contributed by atoms with van der Waals surface area (Å²) < 4.78 is 0. The lowest BCUT2D eigenvalue weighted by atomic mass is 9.86. The molecule has 32 heavy (non-hydrogen) atoms. The maximum atomic E-state index is 4.68. The molecule has 2 aromatic heterocycles. The Balaban J connectivity index is 1.62. The summed E-state index contributed by atoms with van der Waals surface area (Å²) in [5.74, 6) is 0. The summed E-state index contributed by atoms with van der Waals surface area (Å²) in [7, 11) is 0. The molecule has 0 atom stereocenters. The van der Waals surface area contributed by atoms with Gasteiger partial charge in [0.2, 0.25) is 0 Å². The zero-order valence-electron chi connectivity index (χ0n) is 18.6. The quantitative estimate of drug-likeness (QED) is 0.310. The predicted octanol–water partition coefficient (Wildman–Crippen LogP) is 7.32. The summed E-state index contributed by atoms with van der Waals surface area (Å²) in [6.07, 6.45) is 5.37. The fraction of sp³-hybridized carbons (Fsp3) is 0.138. The van der Waals surface area contributed by atoms with Crippen LogP contribution in [0.5, 0.6) is 0 Å². The van der Waals surface area contributed by atoms with Gasteiger partial charge in [-0.1, -0.05) is 81.4 Å². The molecule has 5 aromatic rings. The minimum absolute atomic E-state index is 0.131. The zero-order chi connectivity index (χ0) is 22.1. The van der Waals surface area contributed by atoms with Crippen molar-refractivity contribution in [2.45, 2.75) is 26.2 Å². The maximum absolute atomic E-state index is 4.68. The molecule has 0 aliphatic rings. The smallest absolute Gasteiger partial charge is 0.116 e. The molecule has 3 nitrogen and oxygen atoms in total. The third-order valence-electron chi connectivity index (χ3n) is 5.87. The molecule has 0 saturated carbocycles. The van der Waals surface area contributed by atoms with E-state index in [9.17, 15) is 0 Å². The number of fused-ring (bicyclic) bond motifs is 1. The van der Waals surface area contributed by atoms with Crippen LogP contribution in [0.1, 0.15) is 26.3 Å². The van der Waals surface area contributed by atoms with Crippen molar-refractivity contribution in [3.8, 4) is 33.5 Å². The summed E-state index contributed by atoms with van der Waals surface area (Å²) in [5, 5.41) is 1.05. The van der Waals surface area contributed by atoms with Crippen LogP contribution in [0.4, 0.5) is 0 Å². The summed E-state index contributed by atoms with van der Waals surface area (Å²) in [6, 6.07) is 27.6. The van der Waals surface area contributed by atoms with E-state index < -0.39 is 0 Å². The lowest BCUT2D eigenvalue weighted by Crippen LogP contribution is -2.10. The van der Waals surface area contributed by atoms with E-state index in [1.54, 1.807) is 6.33 Å². The molecule has 0 fully saturated rings. The summed E-state index contributed by atoms with van der Waals surface area (Å²) in [6.45, 7) is 6.71. The summed E-state index contributed by atoms with van der Waals surface area (Å²) in [4.78, 5) is 13.5. The predicted molar refractivity (Wildman–Crippen MR) is 132 cm³/mol. The van der Waals surface area contributed by atoms with E-state index in [1.807, 2.05) is 30.6 Å². The van der Waals surface area contributed by atoms with Crippen LogP contribution >= 0.6 is 0 Å². The highest BCUT2D eigenvalue weighted by atomic mass is 14.8. The van der Waals surface area contributed by atoms with Crippen LogP contribution in [0.15, 0.2) is 97.6 Å². The molecule has 0 bridgehead atoms. The van der Waals surface area contributed by atoms with E-state index in [0.29, 0.717) is 0 Å². The molecule has 0 amide bonds. The maximum Gasteiger partial charge on any atom is 0.116 e. The van der Waals surface area contributed by atoms with Gasteiger partial charge in [0.25, 0.3) is 0 Å². The van der Waals surface area contributed by atoms with E-state index in [1.165, 1.54) is 11.1 Å². The van der Waals surface area contributed by atoms with Crippen LogP contribution in [-0.2, 0) is 5.41 Å². The third-order valence-corrected chi connectivity index (χ3v) is 5.87. The lowest BCUT2D eigenvalue weighted by molar-refractivity contribution is 0.590. The van der Waals surface area contributed by atoms with Gasteiger partial charge in [0.15, 0.2) is 0 Å². The molecule has 0 radical (unpaired) electrons. The monoisotopic (exact) mass is 415 g/mol. The van der Waals surface area contributed by atoms with E-state index in [0.717, 1.165) is 38.9 Å². The Morgan fingerprint density at radius 1 is 0.656 bits per heavy atom. The van der Waals surface area contributed by atoms with Crippen LogP contribution in [0.2, 0.25) is 0 Å². The van der Waals surface area contributed by atoms with Gasteiger partial charge >= 0.3 is 0 Å². The number of benzene rings is 3. The third kappa shape index (κ3) is 3.78. The van der Waals surface area contributed by atoms with E-state index in [4.69, 9.17) is 0 Å². The first-order valence-corrected chi connectivity index (χ1v) is 10.9. The van der Waals surface area contributed by atoms with Crippen LogP contribution in [0, 0.1) is 0 Å². The molecule has 2 heterocycles. The fourth-order valence-electron chi connectivity index (χ4n) is 4.09. The summed E-state index contributed by atoms with van der Waals surface area (Å²) in [5.41, 5.74) is 8.99. The van der Waals surface area contributed by atoms with E-state index in [-0.39, 0.29) is 5.41 Å². The number of hydrogen-bond acceptors (Lipinski definition) is 3. The van der Waals surface area contributed by atoms with Gasteiger partial charge < -0.3 is 0 Å². The molecule has 0 aliphatic carbocycles. The SMILES string of the molecule is CC(C)(C)c1ccc(-c2ccc(-c3cccc(-c4ccccn4)c3)c3ncncc23)cc1. The van der Waals surface area contributed by atoms with Crippen molar-refractivity contribution in [2.75, 3.05) is 0 Å². The van der Waals surface area contributed by atoms with Crippen molar-refractivity contribution < 1.29 is 0 Å². The molecule has 5 rings (SSSR count). The van der Waals surface area contributed by atoms with Gasteiger partial charge in [0.1, 0.15) is 6.33 Å². The van der Waals surface area contributed by atoms with Gasteiger partial charge in [-0.25, -0.2) is 9.97 Å². The van der Waals surface area contributed by atoms with Gasteiger partial charge in [-0.15, -0.1) is 0 Å². The molecule has 3 aromatic carbocycles. The average Bonchev–Trinajstić information content (AvgIpc) is 2.83. The van der Waals surface area contributed by atoms with Gasteiger partial charge in [0.05, 0.1) is 11.2 Å². The summed E-state index contributed by atoms with van der Waals surface area (Å²) >= 11 is 0. The standard InChI is InChI=1S/C29H25N3/c1-29(2,3)23-12-10-20(11-13-23)24-14-15-25(28-26(24)18-30-19-32-28)21-7-6-8-22(17-21)27-9-4-5-16-31-27/h4-19H,1-3H3. The molecular formula is C29H25N3. The molecule has 0 saturated heterocycles. The second-order valence-electron chi connectivity index (χ2n) is 9.07. The molecule has 0 N–H and O–H groups in total. The van der Waals surface area contributed by atoms with E-state index >= 15 is 0 Å². The Labute approximate surface area is 188 Å². The average molecular weight is 416 g/mol. The molecule has 0 unspecified atom stereocenters. The highest BCUT2D eigenvalue weighted by Crippen LogP contribution is 2.36. The first-order valence-electron chi connectivity index (χ1n) is 10.9. The molecule has 3 heteroatoms. The van der Waals surface area contributed by atoms with Gasteiger partial charge in [0, 0.05) is 28.9 Å². The molecular weight excluding hydrogens is 390 g/mol. The van der Waals surface area contributed by atoms with Crippen molar-refractivity contribution in [2.24, 2.45) is 0 Å². The van der Waals surface area contributed by atoms with Gasteiger partial charge in [-0.3, -0.25) is 4.98 Å². The van der Waals surface area contributed by atoms with Crippen molar-refractivity contribution in [3.63, 3.8) is 0 Å². The molecule has 0 aliphatic heterocycles. The number of nitrogens with zero attached hydrogens (tertiary/aromatic N) is 3. The van der Waals surface area contributed by atoms with Gasteiger partial charge in [-0.05, 0) is 45.9 Å². The largest absolute Gasteiger partial charge is 0.256 e. The number of hydrogen-bond donors (Lipinski definition) is 0. The minimum Gasteiger partial charge on any atom is -0.256 e. The minimum atomic E-state index is 0.131. The molecule has 0 spiro atoms. The zero-order valence-corrected chi connectivity index (χ0v) is 18.6. The van der Waals surface area contributed by atoms with Crippen molar-refractivity contribution in [1.82, 2.24) is 15.0 Å². The topological polar surface area (TPSA) is 38.7 Å². The fourth-order valence-corrected chi connectivity index (χ4v) is 4.09. The Hall–Kier alpha value is -3.85. The van der Waals surface area contributed by atoms with Gasteiger partial charge in [-0.2, -0.15) is 0 Å². The van der Waals surface area contributed by atoms with Crippen LogP contribution in [0.25, 0.3) is 44.4 Å². The lowest BCUT2D eigenvalue weighted by Gasteiger charge is -2.19. The van der Waals surface area contributed by atoms with Crippen LogP contribution in [-0.4, -0.2) is 15.0 Å². The number of aromatic nitrogens is 3. The van der Waals surface area contributed by atoms with Crippen molar-refractivity contribution in [1.29, 1.82) is 0 Å². The first kappa shape index (κ1) is 20.1. The normalized spacial score (nSPS) is 11.6. The van der Waals surface area contributed by atoms with E-state index in [2.05, 4.69) is 96.4 Å². The van der Waals surface area contributed by atoms with Crippen LogP contribution < -0.4 is 0 Å². The van der Waals surface area contributed by atoms with Crippen LogP contribution in [0.3, 0.4) is 0 Å². The Morgan fingerprint density at radius 3 is 2.19 bits per heavy atom. The molecule has 156 valence electrons. The second-order valence-corrected chi connectivity index (χ2v) is 9.07. The number of pyridine rings is 1. The Morgan fingerprint density at radius 2 is 1.44 bits per heavy atom. The Kier molecular flexibility index (Phi) is 5.02. The Bertz CT molecular complexity index is 1380. The highest BCUT2D eigenvalue weighted by Gasteiger charge is 2.15. The van der Waals surface area contributed by atoms with Crippen molar-refractivity contribution in [3.05, 3.63) is 103 Å². The first-order chi connectivity index (χ1) is 15.5. The number of rotatable bonds is 3.